The first-order valence-corrected chi connectivity index (χ1v) is 9.09. The van der Waals surface area contributed by atoms with E-state index in [0.29, 0.717) is 16.9 Å². The van der Waals surface area contributed by atoms with Crippen molar-refractivity contribution in [1.82, 2.24) is 9.88 Å². The second-order valence-electron chi connectivity index (χ2n) is 6.47. The summed E-state index contributed by atoms with van der Waals surface area (Å²) in [5, 5.41) is 5.43. The number of hydrogen-bond donors (Lipinski definition) is 2. The molecule has 0 fully saturated rings. The second kappa shape index (κ2) is 8.84. The van der Waals surface area contributed by atoms with E-state index in [-0.39, 0.29) is 18.0 Å². The summed E-state index contributed by atoms with van der Waals surface area (Å²) in [4.78, 5) is 37.1. The minimum atomic E-state index is -0.453. The Hall–Kier alpha value is -3.93. The number of carbonyl (C=O) groups excluding carboxylic acids is 2. The molecule has 0 aliphatic rings. The first kappa shape index (κ1) is 19.8. The molecule has 2 aromatic carbocycles. The number of carbonyl (C=O) groups is 2. The first-order chi connectivity index (χ1) is 14.0. The third-order valence-corrected chi connectivity index (χ3v) is 4.28. The Balaban J connectivity index is 1.80. The quantitative estimate of drug-likeness (QED) is 0.637. The Bertz CT molecular complexity index is 1110. The molecule has 0 spiro atoms. The first-order valence-electron chi connectivity index (χ1n) is 9.09. The normalized spacial score (nSPS) is 10.2. The van der Waals surface area contributed by atoms with Gasteiger partial charge in [-0.3, -0.25) is 19.0 Å². The monoisotopic (exact) mass is 387 g/mol. The van der Waals surface area contributed by atoms with Gasteiger partial charge in [-0.25, -0.2) is 0 Å². The highest BCUT2D eigenvalue weighted by Gasteiger charge is 2.12. The highest BCUT2D eigenvalue weighted by molar-refractivity contribution is 6.04. The van der Waals surface area contributed by atoms with Crippen LogP contribution >= 0.6 is 0 Å². The molecule has 6 nitrogen and oxygen atoms in total. The van der Waals surface area contributed by atoms with E-state index in [1.807, 2.05) is 25.1 Å². The van der Waals surface area contributed by atoms with Gasteiger partial charge in [0, 0.05) is 29.7 Å². The van der Waals surface area contributed by atoms with Crippen molar-refractivity contribution in [2.24, 2.45) is 0 Å². The van der Waals surface area contributed by atoms with E-state index >= 15 is 0 Å². The van der Waals surface area contributed by atoms with Gasteiger partial charge in [0.25, 0.3) is 17.4 Å². The van der Waals surface area contributed by atoms with Crippen LogP contribution in [0.4, 0.5) is 5.69 Å². The van der Waals surface area contributed by atoms with Crippen LogP contribution in [0.15, 0.2) is 84.3 Å². The lowest BCUT2D eigenvalue weighted by molar-refractivity contribution is 0.0955. The fraction of sp³-hybridized carbons (Fsp3) is 0.0870. The lowest BCUT2D eigenvalue weighted by Crippen LogP contribution is -2.32. The topological polar surface area (TPSA) is 80.2 Å². The molecule has 146 valence electrons. The average molecular weight is 387 g/mol. The molecule has 1 aromatic heterocycles. The van der Waals surface area contributed by atoms with Crippen LogP contribution in [0.5, 0.6) is 0 Å². The van der Waals surface area contributed by atoms with Crippen molar-refractivity contribution in [3.05, 3.63) is 107 Å². The summed E-state index contributed by atoms with van der Waals surface area (Å²) in [6, 6.07) is 17.3. The molecule has 0 aliphatic heterocycles. The fourth-order valence-electron chi connectivity index (χ4n) is 2.83. The Morgan fingerprint density at radius 1 is 1.03 bits per heavy atom. The largest absolute Gasteiger partial charge is 0.348 e. The van der Waals surface area contributed by atoms with Crippen LogP contribution in [0.25, 0.3) is 5.69 Å². The van der Waals surface area contributed by atoms with Gasteiger partial charge in [0.2, 0.25) is 0 Å². The van der Waals surface area contributed by atoms with Gasteiger partial charge >= 0.3 is 0 Å². The van der Waals surface area contributed by atoms with Crippen LogP contribution in [0.2, 0.25) is 0 Å². The number of rotatable bonds is 6. The van der Waals surface area contributed by atoms with Gasteiger partial charge in [0.1, 0.15) is 5.56 Å². The summed E-state index contributed by atoms with van der Waals surface area (Å²) in [7, 11) is 0. The molecule has 3 aromatic rings. The summed E-state index contributed by atoms with van der Waals surface area (Å²) in [5.41, 5.74) is 2.39. The summed E-state index contributed by atoms with van der Waals surface area (Å²) in [5.74, 6) is -0.661. The lowest BCUT2D eigenvalue weighted by Gasteiger charge is -2.10. The van der Waals surface area contributed by atoms with E-state index in [9.17, 15) is 14.4 Å². The van der Waals surface area contributed by atoms with Crippen molar-refractivity contribution in [2.75, 3.05) is 11.9 Å². The second-order valence-corrected chi connectivity index (χ2v) is 6.47. The van der Waals surface area contributed by atoms with E-state index in [1.165, 1.54) is 10.6 Å². The van der Waals surface area contributed by atoms with Crippen LogP contribution < -0.4 is 16.2 Å². The number of nitrogens with zero attached hydrogens (tertiary/aromatic N) is 1. The molecular formula is C23H21N3O3. The zero-order valence-electron chi connectivity index (χ0n) is 16.0. The number of pyridine rings is 1. The van der Waals surface area contributed by atoms with Crippen LogP contribution in [0.3, 0.4) is 0 Å². The third kappa shape index (κ3) is 4.68. The molecule has 29 heavy (non-hydrogen) atoms. The van der Waals surface area contributed by atoms with Crippen molar-refractivity contribution in [3.8, 4) is 5.69 Å². The lowest BCUT2D eigenvalue weighted by atomic mass is 10.1. The Morgan fingerprint density at radius 3 is 2.48 bits per heavy atom. The van der Waals surface area contributed by atoms with Gasteiger partial charge < -0.3 is 10.6 Å². The van der Waals surface area contributed by atoms with Crippen LogP contribution in [-0.2, 0) is 0 Å². The van der Waals surface area contributed by atoms with Gasteiger partial charge in [0.15, 0.2) is 0 Å². The summed E-state index contributed by atoms with van der Waals surface area (Å²) in [6.45, 7) is 5.74. The van der Waals surface area contributed by atoms with E-state index in [4.69, 9.17) is 0 Å². The predicted octanol–water partition coefficient (Wildman–Crippen LogP) is 3.31. The molecular weight excluding hydrogens is 366 g/mol. The highest BCUT2D eigenvalue weighted by atomic mass is 16.2. The van der Waals surface area contributed by atoms with Crippen molar-refractivity contribution in [3.63, 3.8) is 0 Å². The van der Waals surface area contributed by atoms with E-state index in [1.54, 1.807) is 48.7 Å². The predicted molar refractivity (Wildman–Crippen MR) is 114 cm³/mol. The standard InChI is InChI=1S/C23H21N3O3/c1-3-13-24-22(28)20-8-5-14-26(23(20)29)19-11-9-18(10-12-19)25-21(27)17-7-4-6-16(2)15-17/h3-12,14-15H,1,13H2,2H3,(H,24,28)(H,25,27). The zero-order valence-corrected chi connectivity index (χ0v) is 16.0. The van der Waals surface area contributed by atoms with Crippen molar-refractivity contribution >= 4 is 17.5 Å². The molecule has 0 radical (unpaired) electrons. The number of aryl methyl sites for hydroxylation is 1. The molecule has 1 heterocycles. The summed E-state index contributed by atoms with van der Waals surface area (Å²) >= 11 is 0. The molecule has 0 aliphatic carbocycles. The van der Waals surface area contributed by atoms with Gasteiger partial charge in [-0.1, -0.05) is 23.8 Å². The number of hydrogen-bond acceptors (Lipinski definition) is 3. The van der Waals surface area contributed by atoms with Crippen LogP contribution in [0, 0.1) is 6.92 Å². The van der Waals surface area contributed by atoms with E-state index in [2.05, 4.69) is 17.2 Å². The zero-order chi connectivity index (χ0) is 20.8. The van der Waals surface area contributed by atoms with Gasteiger partial charge in [-0.2, -0.15) is 0 Å². The number of anilines is 1. The maximum atomic E-state index is 12.7. The minimum Gasteiger partial charge on any atom is -0.348 e. The number of amides is 2. The van der Waals surface area contributed by atoms with Crippen LogP contribution in [0.1, 0.15) is 26.3 Å². The molecule has 0 bridgehead atoms. The summed E-state index contributed by atoms with van der Waals surface area (Å²) in [6.07, 6.45) is 3.14. The van der Waals surface area contributed by atoms with E-state index < -0.39 is 11.5 Å². The summed E-state index contributed by atoms with van der Waals surface area (Å²) < 4.78 is 1.38. The fourth-order valence-corrected chi connectivity index (χ4v) is 2.83. The molecule has 6 heteroatoms. The van der Waals surface area contributed by atoms with Gasteiger partial charge in [0.05, 0.1) is 0 Å². The molecule has 0 saturated heterocycles. The number of aromatic nitrogens is 1. The number of nitrogens with one attached hydrogen (secondary N) is 2. The Morgan fingerprint density at radius 2 is 1.79 bits per heavy atom. The molecule has 3 rings (SSSR count). The van der Waals surface area contributed by atoms with Gasteiger partial charge in [-0.15, -0.1) is 6.58 Å². The Kier molecular flexibility index (Phi) is 6.04. The van der Waals surface area contributed by atoms with Crippen molar-refractivity contribution in [1.29, 1.82) is 0 Å². The number of benzene rings is 2. The van der Waals surface area contributed by atoms with Crippen LogP contribution in [-0.4, -0.2) is 22.9 Å². The molecule has 2 amide bonds. The maximum Gasteiger partial charge on any atom is 0.267 e. The van der Waals surface area contributed by atoms with E-state index in [0.717, 1.165) is 5.56 Å². The average Bonchev–Trinajstić information content (AvgIpc) is 2.73. The van der Waals surface area contributed by atoms with Gasteiger partial charge in [-0.05, 0) is 55.5 Å². The highest BCUT2D eigenvalue weighted by Crippen LogP contribution is 2.14. The van der Waals surface area contributed by atoms with Crippen molar-refractivity contribution in [2.45, 2.75) is 6.92 Å². The molecule has 0 unspecified atom stereocenters. The third-order valence-electron chi connectivity index (χ3n) is 4.28. The Labute approximate surface area is 168 Å². The maximum absolute atomic E-state index is 12.7. The smallest absolute Gasteiger partial charge is 0.267 e. The molecule has 2 N–H and O–H groups in total. The van der Waals surface area contributed by atoms with Crippen molar-refractivity contribution < 1.29 is 9.59 Å². The minimum absolute atomic E-state index is 0.0474. The molecule has 0 atom stereocenters. The molecule has 0 saturated carbocycles. The SMILES string of the molecule is C=CCNC(=O)c1cccn(-c2ccc(NC(=O)c3cccc(C)c3)cc2)c1=O.